The number of benzene rings is 1. The summed E-state index contributed by atoms with van der Waals surface area (Å²) in [5, 5.41) is 2.57. The van der Waals surface area contributed by atoms with Gasteiger partial charge in [-0.05, 0) is 37.4 Å². The van der Waals surface area contributed by atoms with Gasteiger partial charge in [-0.25, -0.2) is 13.1 Å². The molecule has 1 heterocycles. The van der Waals surface area contributed by atoms with Gasteiger partial charge in [0.15, 0.2) is 5.76 Å². The van der Waals surface area contributed by atoms with Gasteiger partial charge < -0.3 is 15.5 Å². The standard InChI is InChI=1S/C13H15N3O4S/c1-15-21(18,19)11-4-2-3-9(7-11)16-13(17)12-6-5-10(8-14)20-12/h2-7,15H,8,14H2,1H3,(H,16,17). The van der Waals surface area contributed by atoms with Crippen molar-refractivity contribution in [2.45, 2.75) is 11.4 Å². The Bertz CT molecular complexity index is 752. The quantitative estimate of drug-likeness (QED) is 0.759. The molecule has 0 bridgehead atoms. The molecule has 0 radical (unpaired) electrons. The molecule has 7 nitrogen and oxygen atoms in total. The Balaban J connectivity index is 2.20. The average Bonchev–Trinajstić information content (AvgIpc) is 2.96. The van der Waals surface area contributed by atoms with Gasteiger partial charge in [0.1, 0.15) is 5.76 Å². The van der Waals surface area contributed by atoms with Crippen LogP contribution in [0.15, 0.2) is 45.7 Å². The highest BCUT2D eigenvalue weighted by molar-refractivity contribution is 7.89. The van der Waals surface area contributed by atoms with E-state index in [4.69, 9.17) is 10.2 Å². The largest absolute Gasteiger partial charge is 0.455 e. The Kier molecular flexibility index (Phi) is 4.41. The second-order valence-corrected chi connectivity index (χ2v) is 6.05. The molecule has 0 aliphatic rings. The Morgan fingerprint density at radius 1 is 1.29 bits per heavy atom. The smallest absolute Gasteiger partial charge is 0.291 e. The SMILES string of the molecule is CNS(=O)(=O)c1cccc(NC(=O)c2ccc(CN)o2)c1. The van der Waals surface area contributed by atoms with Crippen LogP contribution in [0, 0.1) is 0 Å². The van der Waals surface area contributed by atoms with Crippen LogP contribution in [-0.2, 0) is 16.6 Å². The van der Waals surface area contributed by atoms with E-state index < -0.39 is 15.9 Å². The molecule has 2 aromatic rings. The lowest BCUT2D eigenvalue weighted by Gasteiger charge is -2.06. The van der Waals surface area contributed by atoms with E-state index in [1.807, 2.05) is 0 Å². The Morgan fingerprint density at radius 3 is 2.67 bits per heavy atom. The van der Waals surface area contributed by atoms with Crippen molar-refractivity contribution in [1.82, 2.24) is 4.72 Å². The highest BCUT2D eigenvalue weighted by Crippen LogP contribution is 2.16. The molecule has 0 aliphatic carbocycles. The van der Waals surface area contributed by atoms with Crippen molar-refractivity contribution in [1.29, 1.82) is 0 Å². The lowest BCUT2D eigenvalue weighted by molar-refractivity contribution is 0.0995. The zero-order valence-electron chi connectivity index (χ0n) is 11.3. The van der Waals surface area contributed by atoms with E-state index in [0.29, 0.717) is 11.4 Å². The van der Waals surface area contributed by atoms with E-state index in [0.717, 1.165) is 0 Å². The molecule has 1 aromatic heterocycles. The first-order chi connectivity index (χ1) is 9.96. The van der Waals surface area contributed by atoms with Gasteiger partial charge in [0.05, 0.1) is 11.4 Å². The summed E-state index contributed by atoms with van der Waals surface area (Å²) in [6, 6.07) is 9.02. The van der Waals surface area contributed by atoms with Crippen molar-refractivity contribution < 1.29 is 17.6 Å². The van der Waals surface area contributed by atoms with Crippen LogP contribution in [0.25, 0.3) is 0 Å². The van der Waals surface area contributed by atoms with E-state index in [9.17, 15) is 13.2 Å². The molecule has 0 fully saturated rings. The number of sulfonamides is 1. The number of hydrogen-bond donors (Lipinski definition) is 3. The number of furan rings is 1. The van der Waals surface area contributed by atoms with E-state index in [1.165, 1.54) is 31.3 Å². The molecular formula is C13H15N3O4S. The molecule has 1 aromatic carbocycles. The number of carbonyl (C=O) groups excluding carboxylic acids is 1. The number of nitrogens with two attached hydrogens (primary N) is 1. The normalized spacial score (nSPS) is 11.3. The van der Waals surface area contributed by atoms with Crippen molar-refractivity contribution in [3.8, 4) is 0 Å². The molecule has 4 N–H and O–H groups in total. The van der Waals surface area contributed by atoms with E-state index in [1.54, 1.807) is 12.1 Å². The zero-order valence-corrected chi connectivity index (χ0v) is 12.1. The number of nitrogens with one attached hydrogen (secondary N) is 2. The number of anilines is 1. The van der Waals surface area contributed by atoms with Crippen molar-refractivity contribution >= 4 is 21.6 Å². The highest BCUT2D eigenvalue weighted by Gasteiger charge is 2.14. The van der Waals surface area contributed by atoms with Crippen LogP contribution in [0.3, 0.4) is 0 Å². The van der Waals surface area contributed by atoms with Gasteiger partial charge >= 0.3 is 0 Å². The average molecular weight is 309 g/mol. The van der Waals surface area contributed by atoms with Gasteiger partial charge in [0, 0.05) is 5.69 Å². The van der Waals surface area contributed by atoms with Gasteiger partial charge in [-0.3, -0.25) is 4.79 Å². The summed E-state index contributed by atoms with van der Waals surface area (Å²) >= 11 is 0. The van der Waals surface area contributed by atoms with Crippen molar-refractivity contribution in [3.05, 3.63) is 47.9 Å². The summed E-state index contributed by atoms with van der Waals surface area (Å²) in [4.78, 5) is 12.0. The van der Waals surface area contributed by atoms with Crippen LogP contribution in [0.5, 0.6) is 0 Å². The molecule has 0 aliphatic heterocycles. The minimum Gasteiger partial charge on any atom is -0.455 e. The second-order valence-electron chi connectivity index (χ2n) is 4.16. The fourth-order valence-electron chi connectivity index (χ4n) is 1.66. The number of amides is 1. The maximum atomic E-state index is 12.0. The summed E-state index contributed by atoms with van der Waals surface area (Å²) in [6.07, 6.45) is 0. The van der Waals surface area contributed by atoms with Crippen LogP contribution < -0.4 is 15.8 Å². The lowest BCUT2D eigenvalue weighted by atomic mass is 10.3. The fourth-order valence-corrected chi connectivity index (χ4v) is 2.44. The highest BCUT2D eigenvalue weighted by atomic mass is 32.2. The summed E-state index contributed by atoms with van der Waals surface area (Å²) in [6.45, 7) is 0.198. The molecule has 0 saturated carbocycles. The second kappa shape index (κ2) is 6.08. The minimum atomic E-state index is -3.56. The molecule has 2 rings (SSSR count). The Hall–Kier alpha value is -2.16. The van der Waals surface area contributed by atoms with Crippen LogP contribution in [0.2, 0.25) is 0 Å². The fraction of sp³-hybridized carbons (Fsp3) is 0.154. The van der Waals surface area contributed by atoms with E-state index in [-0.39, 0.29) is 17.2 Å². The van der Waals surface area contributed by atoms with Crippen LogP contribution >= 0.6 is 0 Å². The Morgan fingerprint density at radius 2 is 2.05 bits per heavy atom. The van der Waals surface area contributed by atoms with E-state index in [2.05, 4.69) is 10.0 Å². The van der Waals surface area contributed by atoms with E-state index >= 15 is 0 Å². The lowest BCUT2D eigenvalue weighted by Crippen LogP contribution is -2.19. The molecule has 0 saturated heterocycles. The van der Waals surface area contributed by atoms with Crippen LogP contribution in [-0.4, -0.2) is 21.4 Å². The molecule has 112 valence electrons. The maximum Gasteiger partial charge on any atom is 0.291 e. The third-order valence-electron chi connectivity index (χ3n) is 2.76. The van der Waals surface area contributed by atoms with Gasteiger partial charge in [-0.1, -0.05) is 6.07 Å². The van der Waals surface area contributed by atoms with Gasteiger partial charge in [0.2, 0.25) is 10.0 Å². The van der Waals surface area contributed by atoms with Crippen LogP contribution in [0.1, 0.15) is 16.3 Å². The van der Waals surface area contributed by atoms with Gasteiger partial charge in [-0.15, -0.1) is 0 Å². The third kappa shape index (κ3) is 3.48. The molecule has 21 heavy (non-hydrogen) atoms. The van der Waals surface area contributed by atoms with Gasteiger partial charge in [-0.2, -0.15) is 0 Å². The Labute approximate surface area is 122 Å². The molecule has 0 unspecified atom stereocenters. The monoisotopic (exact) mass is 309 g/mol. The maximum absolute atomic E-state index is 12.0. The first-order valence-electron chi connectivity index (χ1n) is 6.10. The predicted octanol–water partition coefficient (Wildman–Crippen LogP) is 0.899. The van der Waals surface area contributed by atoms with Crippen molar-refractivity contribution in [2.24, 2.45) is 5.73 Å². The topological polar surface area (TPSA) is 114 Å². The number of carbonyl (C=O) groups is 1. The van der Waals surface area contributed by atoms with Crippen molar-refractivity contribution in [2.75, 3.05) is 12.4 Å². The predicted molar refractivity (Wildman–Crippen MR) is 77.2 cm³/mol. The number of rotatable bonds is 5. The summed E-state index contributed by atoms with van der Waals surface area (Å²) in [5.41, 5.74) is 5.75. The molecule has 0 spiro atoms. The first-order valence-corrected chi connectivity index (χ1v) is 7.58. The van der Waals surface area contributed by atoms with Crippen LogP contribution in [0.4, 0.5) is 5.69 Å². The van der Waals surface area contributed by atoms with Crippen molar-refractivity contribution in [3.63, 3.8) is 0 Å². The summed E-state index contributed by atoms with van der Waals surface area (Å²) < 4.78 is 30.8. The zero-order chi connectivity index (χ0) is 15.5. The summed E-state index contributed by atoms with van der Waals surface area (Å²) in [5.74, 6) is 0.123. The molecular weight excluding hydrogens is 294 g/mol. The molecule has 1 amide bonds. The summed E-state index contributed by atoms with van der Waals surface area (Å²) in [7, 11) is -2.24. The first kappa shape index (κ1) is 15.2. The molecule has 8 heteroatoms. The molecule has 0 atom stereocenters. The number of hydrogen-bond acceptors (Lipinski definition) is 5. The van der Waals surface area contributed by atoms with Gasteiger partial charge in [0.25, 0.3) is 5.91 Å². The third-order valence-corrected chi connectivity index (χ3v) is 4.17. The minimum absolute atomic E-state index is 0.0601.